The molecule has 3 rings (SSSR count). The molecule has 2 N–H and O–H groups in total. The third-order valence-electron chi connectivity index (χ3n) is 3.45. The molecule has 1 heterocycles. The van der Waals surface area contributed by atoms with Gasteiger partial charge in [0, 0.05) is 22.3 Å². The van der Waals surface area contributed by atoms with Gasteiger partial charge < -0.3 is 10.5 Å². The molecule has 108 valence electrons. The predicted molar refractivity (Wildman–Crippen MR) is 81.0 cm³/mol. The van der Waals surface area contributed by atoms with E-state index in [9.17, 15) is 9.18 Å². The molecule has 0 spiro atoms. The van der Waals surface area contributed by atoms with Gasteiger partial charge in [-0.2, -0.15) is 0 Å². The minimum Gasteiger partial charge on any atom is -0.461 e. The maximum Gasteiger partial charge on any atom is 0.340 e. The number of nitrogens with two attached hydrogens (primary N) is 1. The molecule has 1 atom stereocenters. The molecule has 2 aromatic carbocycles. The van der Waals surface area contributed by atoms with Crippen molar-refractivity contribution >= 4 is 23.4 Å². The molecule has 5 heteroatoms. The SMILES string of the molecule is Nc1ccc(F)cc1C(=O)OCC1CSc2ccccc21. The van der Waals surface area contributed by atoms with Crippen molar-refractivity contribution < 1.29 is 13.9 Å². The van der Waals surface area contributed by atoms with E-state index in [4.69, 9.17) is 10.5 Å². The van der Waals surface area contributed by atoms with Crippen LogP contribution in [0.5, 0.6) is 0 Å². The topological polar surface area (TPSA) is 52.3 Å². The first kappa shape index (κ1) is 13.9. The van der Waals surface area contributed by atoms with Crippen LogP contribution in [0.25, 0.3) is 0 Å². The zero-order valence-corrected chi connectivity index (χ0v) is 12.0. The Morgan fingerprint density at radius 1 is 1.33 bits per heavy atom. The van der Waals surface area contributed by atoms with Crippen molar-refractivity contribution in [1.82, 2.24) is 0 Å². The smallest absolute Gasteiger partial charge is 0.340 e. The Labute approximate surface area is 126 Å². The first-order chi connectivity index (χ1) is 10.1. The summed E-state index contributed by atoms with van der Waals surface area (Å²) in [7, 11) is 0. The minimum atomic E-state index is -0.582. The highest BCUT2D eigenvalue weighted by atomic mass is 32.2. The lowest BCUT2D eigenvalue weighted by atomic mass is 10.0. The van der Waals surface area contributed by atoms with E-state index in [-0.39, 0.29) is 23.8 Å². The molecule has 0 radical (unpaired) electrons. The summed E-state index contributed by atoms with van der Waals surface area (Å²) in [5.41, 5.74) is 7.18. The van der Waals surface area contributed by atoms with Gasteiger partial charge in [-0.05, 0) is 29.8 Å². The van der Waals surface area contributed by atoms with E-state index >= 15 is 0 Å². The Kier molecular flexibility index (Phi) is 3.84. The first-order valence-corrected chi connectivity index (χ1v) is 7.57. The van der Waals surface area contributed by atoms with Gasteiger partial charge >= 0.3 is 5.97 Å². The molecule has 21 heavy (non-hydrogen) atoms. The second-order valence-corrected chi connectivity index (χ2v) is 5.94. The summed E-state index contributed by atoms with van der Waals surface area (Å²) in [4.78, 5) is 13.2. The predicted octanol–water partition coefficient (Wildman–Crippen LogP) is 3.45. The molecule has 0 saturated carbocycles. The average molecular weight is 303 g/mol. The zero-order valence-electron chi connectivity index (χ0n) is 11.2. The van der Waals surface area contributed by atoms with Gasteiger partial charge in [0.1, 0.15) is 5.82 Å². The molecule has 0 saturated heterocycles. The number of rotatable bonds is 3. The maximum atomic E-state index is 13.2. The molecule has 1 aliphatic heterocycles. The maximum absolute atomic E-state index is 13.2. The highest BCUT2D eigenvalue weighted by Gasteiger charge is 2.24. The van der Waals surface area contributed by atoms with Crippen LogP contribution in [0.3, 0.4) is 0 Å². The Morgan fingerprint density at radius 2 is 2.14 bits per heavy atom. The molecule has 0 amide bonds. The van der Waals surface area contributed by atoms with Crippen LogP contribution in [0.2, 0.25) is 0 Å². The first-order valence-electron chi connectivity index (χ1n) is 6.59. The summed E-state index contributed by atoms with van der Waals surface area (Å²) < 4.78 is 18.5. The van der Waals surface area contributed by atoms with Crippen LogP contribution in [0.15, 0.2) is 47.4 Å². The zero-order chi connectivity index (χ0) is 14.8. The summed E-state index contributed by atoms with van der Waals surface area (Å²) >= 11 is 1.75. The molecule has 0 aromatic heterocycles. The highest BCUT2D eigenvalue weighted by Crippen LogP contribution is 2.39. The highest BCUT2D eigenvalue weighted by molar-refractivity contribution is 7.99. The number of anilines is 1. The molecular weight excluding hydrogens is 289 g/mol. The standard InChI is InChI=1S/C16H14FNO2S/c17-11-5-6-14(18)13(7-11)16(19)20-8-10-9-21-15-4-2-1-3-12(10)15/h1-7,10H,8-9,18H2. The van der Waals surface area contributed by atoms with Crippen molar-refractivity contribution in [2.24, 2.45) is 0 Å². The fraction of sp³-hybridized carbons (Fsp3) is 0.188. The number of hydrogen-bond acceptors (Lipinski definition) is 4. The number of hydrogen-bond donors (Lipinski definition) is 1. The van der Waals surface area contributed by atoms with Crippen molar-refractivity contribution in [3.63, 3.8) is 0 Å². The average Bonchev–Trinajstić information content (AvgIpc) is 2.90. The third kappa shape index (κ3) is 2.88. The second kappa shape index (κ2) is 5.77. The fourth-order valence-electron chi connectivity index (χ4n) is 2.33. The van der Waals surface area contributed by atoms with Crippen LogP contribution in [0.4, 0.5) is 10.1 Å². The summed E-state index contributed by atoms with van der Waals surface area (Å²) in [6, 6.07) is 11.8. The Bertz CT molecular complexity index is 690. The van der Waals surface area contributed by atoms with Gasteiger partial charge in [-0.3, -0.25) is 0 Å². The Balaban J connectivity index is 1.69. The summed E-state index contributed by atoms with van der Waals surface area (Å²) in [6.07, 6.45) is 0. The summed E-state index contributed by atoms with van der Waals surface area (Å²) in [5, 5.41) is 0. The molecule has 1 aliphatic rings. The van der Waals surface area contributed by atoms with E-state index in [0.29, 0.717) is 0 Å². The lowest BCUT2D eigenvalue weighted by molar-refractivity contribution is 0.0488. The second-order valence-electron chi connectivity index (χ2n) is 4.88. The molecule has 1 unspecified atom stereocenters. The van der Waals surface area contributed by atoms with Crippen LogP contribution >= 0.6 is 11.8 Å². The van der Waals surface area contributed by atoms with Gasteiger partial charge in [-0.1, -0.05) is 18.2 Å². The fourth-order valence-corrected chi connectivity index (χ4v) is 3.56. The minimum absolute atomic E-state index is 0.0777. The van der Waals surface area contributed by atoms with Crippen LogP contribution in [-0.2, 0) is 4.74 Å². The van der Waals surface area contributed by atoms with E-state index in [2.05, 4.69) is 6.07 Å². The van der Waals surface area contributed by atoms with E-state index in [1.165, 1.54) is 22.6 Å². The number of halogens is 1. The van der Waals surface area contributed by atoms with E-state index in [1.54, 1.807) is 11.8 Å². The quantitative estimate of drug-likeness (QED) is 0.697. The normalized spacial score (nSPS) is 16.5. The largest absolute Gasteiger partial charge is 0.461 e. The molecular formula is C16H14FNO2S. The molecule has 0 aliphatic carbocycles. The lowest BCUT2D eigenvalue weighted by Gasteiger charge is -2.12. The van der Waals surface area contributed by atoms with Crippen LogP contribution in [0.1, 0.15) is 21.8 Å². The van der Waals surface area contributed by atoms with E-state index in [1.807, 2.05) is 18.2 Å². The Hall–Kier alpha value is -2.01. The van der Waals surface area contributed by atoms with Crippen molar-refractivity contribution in [3.8, 4) is 0 Å². The number of benzene rings is 2. The van der Waals surface area contributed by atoms with E-state index in [0.717, 1.165) is 11.8 Å². The molecule has 2 aromatic rings. The Morgan fingerprint density at radius 3 is 3.00 bits per heavy atom. The van der Waals surface area contributed by atoms with Gasteiger partial charge in [-0.15, -0.1) is 11.8 Å². The van der Waals surface area contributed by atoms with Crippen molar-refractivity contribution in [3.05, 3.63) is 59.4 Å². The lowest BCUT2D eigenvalue weighted by Crippen LogP contribution is -2.14. The monoisotopic (exact) mass is 303 g/mol. The van der Waals surface area contributed by atoms with Crippen LogP contribution in [0, 0.1) is 5.82 Å². The van der Waals surface area contributed by atoms with Gasteiger partial charge in [0.2, 0.25) is 0 Å². The number of ether oxygens (including phenoxy) is 1. The van der Waals surface area contributed by atoms with Crippen molar-refractivity contribution in [2.75, 3.05) is 18.1 Å². The van der Waals surface area contributed by atoms with Crippen molar-refractivity contribution in [2.45, 2.75) is 10.8 Å². The number of thioether (sulfide) groups is 1. The van der Waals surface area contributed by atoms with Gasteiger partial charge in [0.25, 0.3) is 0 Å². The number of nitrogen functional groups attached to an aromatic ring is 1. The van der Waals surface area contributed by atoms with E-state index < -0.39 is 11.8 Å². The van der Waals surface area contributed by atoms with Gasteiger partial charge in [0.15, 0.2) is 0 Å². The van der Waals surface area contributed by atoms with Crippen LogP contribution in [-0.4, -0.2) is 18.3 Å². The number of carbonyl (C=O) groups excluding carboxylic acids is 1. The molecule has 0 bridgehead atoms. The number of esters is 1. The number of fused-ring (bicyclic) bond motifs is 1. The molecule has 3 nitrogen and oxygen atoms in total. The van der Waals surface area contributed by atoms with Crippen molar-refractivity contribution in [1.29, 1.82) is 0 Å². The van der Waals surface area contributed by atoms with Gasteiger partial charge in [0.05, 0.1) is 12.2 Å². The van der Waals surface area contributed by atoms with Gasteiger partial charge in [-0.25, -0.2) is 9.18 Å². The number of carbonyl (C=O) groups is 1. The third-order valence-corrected chi connectivity index (χ3v) is 4.70. The van der Waals surface area contributed by atoms with Crippen LogP contribution < -0.4 is 5.73 Å². The molecule has 0 fully saturated rings. The summed E-state index contributed by atoms with van der Waals surface area (Å²) in [5.74, 6) is -0.0325. The summed E-state index contributed by atoms with van der Waals surface area (Å²) in [6.45, 7) is 0.277.